The van der Waals surface area contributed by atoms with E-state index in [9.17, 15) is 18.0 Å². The molecule has 0 fully saturated rings. The lowest BCUT2D eigenvalue weighted by Crippen LogP contribution is -2.32. The van der Waals surface area contributed by atoms with E-state index in [2.05, 4.69) is 10.0 Å². The van der Waals surface area contributed by atoms with Gasteiger partial charge in [-0.3, -0.25) is 9.59 Å². The monoisotopic (exact) mass is 401 g/mol. The Bertz CT molecular complexity index is 984. The molecule has 0 spiro atoms. The first-order chi connectivity index (χ1) is 13.3. The zero-order chi connectivity index (χ0) is 20.6. The van der Waals surface area contributed by atoms with Crippen molar-refractivity contribution < 1.29 is 22.7 Å². The summed E-state index contributed by atoms with van der Waals surface area (Å²) in [6.07, 6.45) is -1.34. The molecular formula is C19H19N3O5S. The number of nitrogens with one attached hydrogen (secondary N) is 2. The van der Waals surface area contributed by atoms with Gasteiger partial charge < -0.3 is 10.1 Å². The van der Waals surface area contributed by atoms with Crippen LogP contribution in [0.5, 0.6) is 0 Å². The molecule has 1 atom stereocenters. The zero-order valence-corrected chi connectivity index (χ0v) is 15.9. The third kappa shape index (κ3) is 5.90. The number of rotatable bonds is 8. The normalized spacial score (nSPS) is 11.9. The number of anilines is 1. The molecule has 9 heteroatoms. The number of sulfonamides is 1. The lowest BCUT2D eigenvalue weighted by Gasteiger charge is -2.14. The van der Waals surface area contributed by atoms with Crippen molar-refractivity contribution in [2.45, 2.75) is 24.3 Å². The summed E-state index contributed by atoms with van der Waals surface area (Å²) in [6, 6.07) is 16.1. The molecule has 0 aromatic heterocycles. The molecule has 0 bridgehead atoms. The Kier molecular flexibility index (Phi) is 7.26. The maximum absolute atomic E-state index is 12.1. The summed E-state index contributed by atoms with van der Waals surface area (Å²) in [4.78, 5) is 24.1. The molecule has 0 heterocycles. The second kappa shape index (κ2) is 9.64. The van der Waals surface area contributed by atoms with Crippen LogP contribution in [0.25, 0.3) is 0 Å². The number of benzene rings is 2. The van der Waals surface area contributed by atoms with E-state index in [1.54, 1.807) is 42.5 Å². The van der Waals surface area contributed by atoms with Crippen molar-refractivity contribution in [2.75, 3.05) is 11.9 Å². The van der Waals surface area contributed by atoms with Crippen molar-refractivity contribution in [2.24, 2.45) is 0 Å². The maximum atomic E-state index is 12.1. The topological polar surface area (TPSA) is 125 Å². The molecule has 28 heavy (non-hydrogen) atoms. The predicted molar refractivity (Wildman–Crippen MR) is 102 cm³/mol. The molecule has 0 saturated heterocycles. The van der Waals surface area contributed by atoms with E-state index >= 15 is 0 Å². The van der Waals surface area contributed by atoms with Gasteiger partial charge in [-0.1, -0.05) is 30.3 Å². The van der Waals surface area contributed by atoms with E-state index in [4.69, 9.17) is 10.00 Å². The minimum absolute atomic E-state index is 0.0901. The van der Waals surface area contributed by atoms with Crippen LogP contribution < -0.4 is 10.0 Å². The van der Waals surface area contributed by atoms with Crippen LogP contribution in [0, 0.1) is 11.3 Å². The van der Waals surface area contributed by atoms with Crippen LogP contribution >= 0.6 is 0 Å². The van der Waals surface area contributed by atoms with Crippen molar-refractivity contribution in [3.63, 3.8) is 0 Å². The molecule has 2 N–H and O–H groups in total. The van der Waals surface area contributed by atoms with Gasteiger partial charge >= 0.3 is 5.97 Å². The van der Waals surface area contributed by atoms with Crippen molar-refractivity contribution >= 4 is 27.6 Å². The average molecular weight is 401 g/mol. The second-order valence-electron chi connectivity index (χ2n) is 5.74. The molecule has 1 amide bonds. The number of carbonyl (C=O) groups is 2. The van der Waals surface area contributed by atoms with Crippen LogP contribution in [0.3, 0.4) is 0 Å². The second-order valence-corrected chi connectivity index (χ2v) is 7.51. The van der Waals surface area contributed by atoms with Crippen LogP contribution in [0.15, 0.2) is 59.5 Å². The Labute approximate surface area is 163 Å². The van der Waals surface area contributed by atoms with Gasteiger partial charge in [-0.15, -0.1) is 0 Å². The molecule has 0 saturated carbocycles. The fraction of sp³-hybridized carbons (Fsp3) is 0.211. The smallest absolute Gasteiger partial charge is 0.307 e. The van der Waals surface area contributed by atoms with Gasteiger partial charge in [-0.05, 0) is 31.2 Å². The standard InChI is InChI=1S/C19H19N3O5S/c1-14(19(24)22-17-10-6-5-7-15(17)13-20)27-18(23)11-12-21-28(25,26)16-8-3-2-4-9-16/h2-10,14,21H,11-12H2,1H3,(H,22,24)/t14-/m1/s1. The summed E-state index contributed by atoms with van der Waals surface area (Å²) in [6.45, 7) is 1.22. The Morgan fingerprint density at radius 2 is 1.75 bits per heavy atom. The molecule has 0 unspecified atom stereocenters. The molecule has 0 aliphatic heterocycles. The van der Waals surface area contributed by atoms with Gasteiger partial charge in [0.2, 0.25) is 10.0 Å². The lowest BCUT2D eigenvalue weighted by molar-refractivity contribution is -0.152. The van der Waals surface area contributed by atoms with Crippen molar-refractivity contribution in [3.05, 3.63) is 60.2 Å². The minimum atomic E-state index is -3.72. The van der Waals surface area contributed by atoms with Crippen molar-refractivity contribution in [1.29, 1.82) is 5.26 Å². The van der Waals surface area contributed by atoms with Crippen molar-refractivity contribution in [3.8, 4) is 6.07 Å². The highest BCUT2D eigenvalue weighted by Crippen LogP contribution is 2.14. The van der Waals surface area contributed by atoms with E-state index in [0.29, 0.717) is 5.69 Å². The number of esters is 1. The lowest BCUT2D eigenvalue weighted by atomic mass is 10.2. The van der Waals surface area contributed by atoms with Gasteiger partial charge in [-0.2, -0.15) is 5.26 Å². The fourth-order valence-corrected chi connectivity index (χ4v) is 3.26. The van der Waals surface area contributed by atoms with Crippen molar-refractivity contribution in [1.82, 2.24) is 4.72 Å². The predicted octanol–water partition coefficient (Wildman–Crippen LogP) is 1.80. The zero-order valence-electron chi connectivity index (χ0n) is 15.1. The average Bonchev–Trinajstić information content (AvgIpc) is 2.68. The highest BCUT2D eigenvalue weighted by atomic mass is 32.2. The van der Waals surface area contributed by atoms with Gasteiger partial charge in [0.05, 0.1) is 22.6 Å². The summed E-state index contributed by atoms with van der Waals surface area (Å²) in [5.74, 6) is -1.33. The Hall–Kier alpha value is -3.22. The van der Waals surface area contributed by atoms with Crippen LogP contribution in [0.1, 0.15) is 18.9 Å². The largest absolute Gasteiger partial charge is 0.452 e. The molecular weight excluding hydrogens is 382 g/mol. The van der Waals surface area contributed by atoms with Gasteiger partial charge in [0.25, 0.3) is 5.91 Å². The molecule has 2 rings (SSSR count). The minimum Gasteiger partial charge on any atom is -0.452 e. The number of hydrogen-bond donors (Lipinski definition) is 2. The number of amides is 1. The van der Waals surface area contributed by atoms with E-state index in [1.807, 2.05) is 6.07 Å². The third-order valence-corrected chi connectivity index (χ3v) is 5.13. The summed E-state index contributed by atoms with van der Waals surface area (Å²) in [5, 5.41) is 11.5. The van der Waals surface area contributed by atoms with Gasteiger partial charge in [0.1, 0.15) is 6.07 Å². The van der Waals surface area contributed by atoms with Gasteiger partial charge in [-0.25, -0.2) is 13.1 Å². The fourth-order valence-electron chi connectivity index (χ4n) is 2.20. The molecule has 2 aromatic rings. The van der Waals surface area contributed by atoms with E-state index in [0.717, 1.165) is 0 Å². The van der Waals surface area contributed by atoms with E-state index in [1.165, 1.54) is 19.1 Å². The number of para-hydroxylation sites is 1. The quantitative estimate of drug-likeness (QED) is 0.650. The summed E-state index contributed by atoms with van der Waals surface area (Å²) >= 11 is 0. The Morgan fingerprint density at radius 3 is 2.43 bits per heavy atom. The molecule has 8 nitrogen and oxygen atoms in total. The number of carbonyl (C=O) groups excluding carboxylic acids is 2. The highest BCUT2D eigenvalue weighted by Gasteiger charge is 2.20. The molecule has 0 aliphatic carbocycles. The first-order valence-electron chi connectivity index (χ1n) is 8.37. The van der Waals surface area contributed by atoms with Crippen LogP contribution in [-0.4, -0.2) is 32.9 Å². The summed E-state index contributed by atoms with van der Waals surface area (Å²) < 4.78 is 31.4. The Balaban J connectivity index is 1.82. The van der Waals surface area contributed by atoms with Gasteiger partial charge in [0.15, 0.2) is 6.10 Å². The third-order valence-electron chi connectivity index (χ3n) is 3.66. The van der Waals surface area contributed by atoms with Crippen LogP contribution in [-0.2, 0) is 24.3 Å². The summed E-state index contributed by atoms with van der Waals surface area (Å²) in [5.41, 5.74) is 0.596. The van der Waals surface area contributed by atoms with Crippen LogP contribution in [0.2, 0.25) is 0 Å². The van der Waals surface area contributed by atoms with Gasteiger partial charge in [0, 0.05) is 6.54 Å². The molecule has 0 radical (unpaired) electrons. The molecule has 146 valence electrons. The number of nitrogens with zero attached hydrogens (tertiary/aromatic N) is 1. The number of nitriles is 1. The number of hydrogen-bond acceptors (Lipinski definition) is 6. The SMILES string of the molecule is C[C@@H](OC(=O)CCNS(=O)(=O)c1ccccc1)C(=O)Nc1ccccc1C#N. The first kappa shape index (κ1) is 21.1. The molecule has 0 aliphatic rings. The first-order valence-corrected chi connectivity index (χ1v) is 9.86. The van der Waals surface area contributed by atoms with Crippen LogP contribution in [0.4, 0.5) is 5.69 Å². The highest BCUT2D eigenvalue weighted by molar-refractivity contribution is 7.89. The molecule has 2 aromatic carbocycles. The summed E-state index contributed by atoms with van der Waals surface area (Å²) in [7, 11) is -3.72. The van der Waals surface area contributed by atoms with E-state index in [-0.39, 0.29) is 23.4 Å². The number of ether oxygens (including phenoxy) is 1. The Morgan fingerprint density at radius 1 is 1.11 bits per heavy atom. The maximum Gasteiger partial charge on any atom is 0.307 e. The van der Waals surface area contributed by atoms with E-state index < -0.39 is 28.0 Å².